The Hall–Kier alpha value is -3.47. The van der Waals surface area contributed by atoms with Gasteiger partial charge < -0.3 is 24.4 Å². The molecule has 2 aromatic carbocycles. The van der Waals surface area contributed by atoms with Crippen molar-refractivity contribution in [2.45, 2.75) is 45.8 Å². The van der Waals surface area contributed by atoms with Crippen molar-refractivity contribution in [1.82, 2.24) is 10.2 Å². The number of carbonyl (C=O) groups is 2. The van der Waals surface area contributed by atoms with Crippen molar-refractivity contribution in [2.24, 2.45) is 0 Å². The molecular formula is C26H37N3O7S. The Balaban J connectivity index is 2.47. The second-order valence-corrected chi connectivity index (χ2v) is 11.5. The monoisotopic (exact) mass is 535 g/mol. The summed E-state index contributed by atoms with van der Waals surface area (Å²) in [6.45, 7) is 6.68. The van der Waals surface area contributed by atoms with E-state index in [9.17, 15) is 18.0 Å². The largest absolute Gasteiger partial charge is 0.497 e. The van der Waals surface area contributed by atoms with E-state index in [0.717, 1.165) is 16.1 Å². The summed E-state index contributed by atoms with van der Waals surface area (Å²) in [7, 11) is 0.557. The second kappa shape index (κ2) is 12.2. The molecular weight excluding hydrogens is 498 g/mol. The number of nitrogens with zero attached hydrogens (tertiary/aromatic N) is 2. The third kappa shape index (κ3) is 8.28. The maximum absolute atomic E-state index is 13.7. The molecule has 204 valence electrons. The molecule has 2 aromatic rings. The van der Waals surface area contributed by atoms with Gasteiger partial charge >= 0.3 is 0 Å². The number of benzene rings is 2. The molecule has 0 spiro atoms. The van der Waals surface area contributed by atoms with Crippen LogP contribution in [0.2, 0.25) is 0 Å². The highest BCUT2D eigenvalue weighted by atomic mass is 32.2. The zero-order valence-electron chi connectivity index (χ0n) is 22.7. The van der Waals surface area contributed by atoms with Crippen LogP contribution in [0.3, 0.4) is 0 Å². The Bertz CT molecular complexity index is 1210. The van der Waals surface area contributed by atoms with Crippen molar-refractivity contribution in [2.75, 3.05) is 38.4 Å². The lowest BCUT2D eigenvalue weighted by Crippen LogP contribution is -2.54. The number of rotatable bonds is 11. The molecule has 0 bridgehead atoms. The summed E-state index contributed by atoms with van der Waals surface area (Å²) in [6.07, 6.45) is 1.01. The van der Waals surface area contributed by atoms with Crippen LogP contribution in [0.15, 0.2) is 42.5 Å². The van der Waals surface area contributed by atoms with Crippen LogP contribution >= 0.6 is 0 Å². The number of sulfonamides is 1. The molecule has 1 atom stereocenters. The van der Waals surface area contributed by atoms with Crippen LogP contribution < -0.4 is 23.8 Å². The smallest absolute Gasteiger partial charge is 0.244 e. The molecule has 2 amide bonds. The number of hydrogen-bond donors (Lipinski definition) is 1. The summed E-state index contributed by atoms with van der Waals surface area (Å²) >= 11 is 0. The molecule has 10 nitrogen and oxygen atoms in total. The van der Waals surface area contributed by atoms with Gasteiger partial charge in [-0.25, -0.2) is 8.42 Å². The highest BCUT2D eigenvalue weighted by molar-refractivity contribution is 7.92. The number of amides is 2. The van der Waals surface area contributed by atoms with Crippen LogP contribution in [0.4, 0.5) is 5.69 Å². The molecule has 37 heavy (non-hydrogen) atoms. The van der Waals surface area contributed by atoms with Crippen LogP contribution in [0.25, 0.3) is 0 Å². The molecule has 0 aliphatic heterocycles. The predicted octanol–water partition coefficient (Wildman–Crippen LogP) is 2.81. The normalized spacial score (nSPS) is 12.3. The molecule has 0 radical (unpaired) electrons. The Morgan fingerprint density at radius 3 is 2.16 bits per heavy atom. The number of nitrogens with one attached hydrogen (secondary N) is 1. The first-order valence-electron chi connectivity index (χ1n) is 11.6. The number of hydrogen-bond acceptors (Lipinski definition) is 7. The zero-order chi connectivity index (χ0) is 28.0. The minimum absolute atomic E-state index is 0.0678. The van der Waals surface area contributed by atoms with E-state index in [-0.39, 0.29) is 18.1 Å². The Kier molecular flexibility index (Phi) is 9.80. The van der Waals surface area contributed by atoms with Crippen molar-refractivity contribution in [3.05, 3.63) is 48.0 Å². The number of anilines is 1. The van der Waals surface area contributed by atoms with E-state index in [4.69, 9.17) is 14.2 Å². The summed E-state index contributed by atoms with van der Waals surface area (Å²) in [5.41, 5.74) is 0.427. The lowest BCUT2D eigenvalue weighted by Gasteiger charge is -2.33. The van der Waals surface area contributed by atoms with E-state index in [1.165, 1.54) is 38.4 Å². The fraction of sp³-hybridized carbons (Fsp3) is 0.462. The average molecular weight is 536 g/mol. The van der Waals surface area contributed by atoms with E-state index >= 15 is 0 Å². The molecule has 0 aromatic heterocycles. The van der Waals surface area contributed by atoms with E-state index in [1.54, 1.807) is 37.3 Å². The number of carbonyl (C=O) groups excluding carboxylic acids is 2. The van der Waals surface area contributed by atoms with Crippen LogP contribution in [-0.2, 0) is 26.2 Å². The summed E-state index contributed by atoms with van der Waals surface area (Å²) in [5.74, 6) is 0.408. The number of methoxy groups -OCH3 is 3. The van der Waals surface area contributed by atoms with E-state index in [2.05, 4.69) is 5.32 Å². The fourth-order valence-corrected chi connectivity index (χ4v) is 4.46. The van der Waals surface area contributed by atoms with E-state index in [1.807, 2.05) is 20.8 Å². The van der Waals surface area contributed by atoms with Gasteiger partial charge in [-0.2, -0.15) is 0 Å². The molecule has 0 fully saturated rings. The fourth-order valence-electron chi connectivity index (χ4n) is 3.62. The minimum atomic E-state index is -3.88. The Morgan fingerprint density at radius 1 is 0.973 bits per heavy atom. The molecule has 1 N–H and O–H groups in total. The maximum Gasteiger partial charge on any atom is 0.244 e. The maximum atomic E-state index is 13.7. The molecule has 0 unspecified atom stereocenters. The topological polar surface area (TPSA) is 114 Å². The van der Waals surface area contributed by atoms with E-state index < -0.39 is 34.1 Å². The van der Waals surface area contributed by atoms with Gasteiger partial charge in [-0.05, 0) is 57.5 Å². The van der Waals surface area contributed by atoms with Gasteiger partial charge in [0, 0.05) is 18.2 Å². The second-order valence-electron chi connectivity index (χ2n) is 9.60. The first-order valence-corrected chi connectivity index (χ1v) is 13.5. The molecule has 0 saturated heterocycles. The molecule has 11 heteroatoms. The van der Waals surface area contributed by atoms with E-state index in [0.29, 0.717) is 17.2 Å². The highest BCUT2D eigenvalue weighted by Crippen LogP contribution is 2.32. The lowest BCUT2D eigenvalue weighted by atomic mass is 10.1. The highest BCUT2D eigenvalue weighted by Gasteiger charge is 2.31. The van der Waals surface area contributed by atoms with Gasteiger partial charge in [0.05, 0.1) is 33.3 Å². The van der Waals surface area contributed by atoms with Crippen LogP contribution in [0.1, 0.15) is 33.3 Å². The zero-order valence-corrected chi connectivity index (χ0v) is 23.5. The van der Waals surface area contributed by atoms with Gasteiger partial charge in [0.15, 0.2) is 11.5 Å². The third-order valence-electron chi connectivity index (χ3n) is 5.49. The predicted molar refractivity (Wildman–Crippen MR) is 143 cm³/mol. The van der Waals surface area contributed by atoms with Gasteiger partial charge in [-0.1, -0.05) is 12.1 Å². The van der Waals surface area contributed by atoms with Crippen LogP contribution in [0.5, 0.6) is 17.2 Å². The van der Waals surface area contributed by atoms with Crippen molar-refractivity contribution in [1.29, 1.82) is 0 Å². The summed E-state index contributed by atoms with van der Waals surface area (Å²) in [5, 5.41) is 2.89. The molecule has 0 saturated carbocycles. The first kappa shape index (κ1) is 29.8. The average Bonchev–Trinajstić information content (AvgIpc) is 2.83. The third-order valence-corrected chi connectivity index (χ3v) is 6.63. The van der Waals surface area contributed by atoms with Crippen molar-refractivity contribution < 1.29 is 32.2 Å². The van der Waals surface area contributed by atoms with Gasteiger partial charge in [-0.3, -0.25) is 13.9 Å². The summed E-state index contributed by atoms with van der Waals surface area (Å²) < 4.78 is 42.3. The Morgan fingerprint density at radius 2 is 1.62 bits per heavy atom. The van der Waals surface area contributed by atoms with Crippen LogP contribution in [-0.4, -0.2) is 70.8 Å². The number of ether oxygens (including phenoxy) is 3. The summed E-state index contributed by atoms with van der Waals surface area (Å²) in [6, 6.07) is 10.8. The summed E-state index contributed by atoms with van der Waals surface area (Å²) in [4.78, 5) is 28.1. The van der Waals surface area contributed by atoms with Gasteiger partial charge in [0.25, 0.3) is 0 Å². The van der Waals surface area contributed by atoms with Gasteiger partial charge in [0.1, 0.15) is 18.3 Å². The molecule has 0 aliphatic rings. The van der Waals surface area contributed by atoms with Crippen molar-refractivity contribution in [3.8, 4) is 17.2 Å². The van der Waals surface area contributed by atoms with Crippen LogP contribution in [0, 0.1) is 0 Å². The van der Waals surface area contributed by atoms with Gasteiger partial charge in [0.2, 0.25) is 21.8 Å². The first-order chi connectivity index (χ1) is 17.2. The van der Waals surface area contributed by atoms with Crippen molar-refractivity contribution in [3.63, 3.8) is 0 Å². The minimum Gasteiger partial charge on any atom is -0.497 e. The standard InChI is InChI=1S/C26H37N3O7S/c1-18(25(31)27-26(2,3)4)28(16-19-10-9-11-21(14-19)34-5)24(30)17-29(37(8,32)33)20-12-13-22(35-6)23(15-20)36-7/h9-15,18H,16-17H2,1-8H3,(H,27,31)/t18-/m0/s1. The lowest BCUT2D eigenvalue weighted by molar-refractivity contribution is -0.140. The molecule has 2 rings (SSSR count). The molecule has 0 aliphatic carbocycles. The van der Waals surface area contributed by atoms with Gasteiger partial charge in [-0.15, -0.1) is 0 Å². The quantitative estimate of drug-likeness (QED) is 0.471. The van der Waals surface area contributed by atoms with Crippen molar-refractivity contribution >= 4 is 27.5 Å². The SMILES string of the molecule is COc1cccc(CN(C(=O)CN(c2ccc(OC)c(OC)c2)S(C)(=O)=O)[C@@H](C)C(=O)NC(C)(C)C)c1. The molecule has 0 heterocycles. The Labute approximate surface area is 219 Å².